The van der Waals surface area contributed by atoms with E-state index in [2.05, 4.69) is 5.32 Å². The SMILES string of the molecule is CC(C)N(C)C(=O)CNc1cc(F)cc(F)c1. The summed E-state index contributed by atoms with van der Waals surface area (Å²) in [4.78, 5) is 13.2. The minimum atomic E-state index is -0.669. The van der Waals surface area contributed by atoms with Crippen LogP contribution < -0.4 is 5.32 Å². The van der Waals surface area contributed by atoms with Crippen LogP contribution in [0.15, 0.2) is 18.2 Å². The van der Waals surface area contributed by atoms with Crippen LogP contribution in [0.5, 0.6) is 0 Å². The summed E-state index contributed by atoms with van der Waals surface area (Å²) in [7, 11) is 1.68. The van der Waals surface area contributed by atoms with Gasteiger partial charge in [-0.25, -0.2) is 8.78 Å². The Bertz CT molecular complexity index is 387. The fourth-order valence-corrected chi connectivity index (χ4v) is 1.25. The zero-order chi connectivity index (χ0) is 13.0. The molecule has 1 aromatic carbocycles. The van der Waals surface area contributed by atoms with Crippen LogP contribution in [0.3, 0.4) is 0 Å². The molecule has 0 radical (unpaired) electrons. The maximum atomic E-state index is 12.9. The third-order valence-electron chi connectivity index (χ3n) is 2.47. The number of hydrogen-bond donors (Lipinski definition) is 1. The number of carbonyl (C=O) groups is 1. The largest absolute Gasteiger partial charge is 0.376 e. The molecule has 1 rings (SSSR count). The number of benzene rings is 1. The summed E-state index contributed by atoms with van der Waals surface area (Å²) in [6, 6.07) is 3.17. The Hall–Kier alpha value is -1.65. The fraction of sp³-hybridized carbons (Fsp3) is 0.417. The number of anilines is 1. The second-order valence-corrected chi connectivity index (χ2v) is 4.11. The van der Waals surface area contributed by atoms with E-state index in [0.717, 1.165) is 18.2 Å². The van der Waals surface area contributed by atoms with Gasteiger partial charge in [0.2, 0.25) is 5.91 Å². The van der Waals surface area contributed by atoms with Crippen LogP contribution in [0.2, 0.25) is 0 Å². The number of carbonyl (C=O) groups excluding carboxylic acids is 1. The standard InChI is InChI=1S/C12H16F2N2O/c1-8(2)16(3)12(17)7-15-11-5-9(13)4-10(14)6-11/h4-6,8,15H,7H2,1-3H3. The highest BCUT2D eigenvalue weighted by atomic mass is 19.1. The first-order valence-electron chi connectivity index (χ1n) is 5.35. The third kappa shape index (κ3) is 4.01. The van der Waals surface area contributed by atoms with E-state index in [-0.39, 0.29) is 24.2 Å². The summed E-state index contributed by atoms with van der Waals surface area (Å²) < 4.78 is 25.7. The number of halogens is 2. The first-order chi connectivity index (χ1) is 7.90. The summed E-state index contributed by atoms with van der Waals surface area (Å²) in [5, 5.41) is 2.69. The molecule has 5 heteroatoms. The minimum Gasteiger partial charge on any atom is -0.376 e. The van der Waals surface area contributed by atoms with E-state index in [1.807, 2.05) is 13.8 Å². The molecule has 0 unspecified atom stereocenters. The maximum absolute atomic E-state index is 12.9. The number of nitrogens with one attached hydrogen (secondary N) is 1. The first kappa shape index (κ1) is 13.4. The van der Waals surface area contributed by atoms with Gasteiger partial charge in [-0.1, -0.05) is 0 Å². The van der Waals surface area contributed by atoms with Crippen molar-refractivity contribution >= 4 is 11.6 Å². The zero-order valence-electron chi connectivity index (χ0n) is 10.1. The van der Waals surface area contributed by atoms with Crippen molar-refractivity contribution in [2.75, 3.05) is 18.9 Å². The quantitative estimate of drug-likeness (QED) is 0.878. The summed E-state index contributed by atoms with van der Waals surface area (Å²) in [5.74, 6) is -1.47. The molecule has 94 valence electrons. The summed E-state index contributed by atoms with van der Waals surface area (Å²) >= 11 is 0. The number of rotatable bonds is 4. The Morgan fingerprint density at radius 3 is 2.29 bits per heavy atom. The topological polar surface area (TPSA) is 32.3 Å². The number of hydrogen-bond acceptors (Lipinski definition) is 2. The van der Waals surface area contributed by atoms with Gasteiger partial charge >= 0.3 is 0 Å². The van der Waals surface area contributed by atoms with Gasteiger partial charge in [-0.05, 0) is 26.0 Å². The number of amides is 1. The average Bonchev–Trinajstić information content (AvgIpc) is 2.23. The molecule has 0 saturated carbocycles. The average molecular weight is 242 g/mol. The lowest BCUT2D eigenvalue weighted by molar-refractivity contribution is -0.129. The van der Waals surface area contributed by atoms with Crippen molar-refractivity contribution in [3.63, 3.8) is 0 Å². The van der Waals surface area contributed by atoms with Gasteiger partial charge in [-0.15, -0.1) is 0 Å². The summed E-state index contributed by atoms with van der Waals surface area (Å²) in [5.41, 5.74) is 0.257. The molecule has 0 bridgehead atoms. The third-order valence-corrected chi connectivity index (χ3v) is 2.47. The van der Waals surface area contributed by atoms with Crippen molar-refractivity contribution in [1.82, 2.24) is 4.90 Å². The molecule has 0 aliphatic rings. The zero-order valence-corrected chi connectivity index (χ0v) is 10.1. The Balaban J connectivity index is 2.58. The van der Waals surface area contributed by atoms with E-state index in [1.54, 1.807) is 11.9 Å². The molecule has 17 heavy (non-hydrogen) atoms. The van der Waals surface area contributed by atoms with E-state index in [9.17, 15) is 13.6 Å². The van der Waals surface area contributed by atoms with Gasteiger partial charge in [0.05, 0.1) is 6.54 Å². The van der Waals surface area contributed by atoms with E-state index in [1.165, 1.54) is 0 Å². The molecule has 0 aliphatic heterocycles. The van der Waals surface area contributed by atoms with Gasteiger partial charge in [-0.2, -0.15) is 0 Å². The van der Waals surface area contributed by atoms with Crippen LogP contribution in [0.4, 0.5) is 14.5 Å². The molecule has 0 aliphatic carbocycles. The molecular weight excluding hydrogens is 226 g/mol. The van der Waals surface area contributed by atoms with Gasteiger partial charge in [0.1, 0.15) is 11.6 Å². The van der Waals surface area contributed by atoms with Crippen molar-refractivity contribution in [3.8, 4) is 0 Å². The predicted molar refractivity (Wildman–Crippen MR) is 62.8 cm³/mol. The smallest absolute Gasteiger partial charge is 0.241 e. The fourth-order valence-electron chi connectivity index (χ4n) is 1.25. The van der Waals surface area contributed by atoms with Gasteiger partial charge in [0.25, 0.3) is 0 Å². The molecule has 1 amide bonds. The molecule has 0 spiro atoms. The molecular formula is C12H16F2N2O. The van der Waals surface area contributed by atoms with E-state index >= 15 is 0 Å². The Labute approximate surface area is 99.4 Å². The van der Waals surface area contributed by atoms with E-state index in [0.29, 0.717) is 0 Å². The van der Waals surface area contributed by atoms with Crippen LogP contribution in [-0.4, -0.2) is 30.4 Å². The molecule has 0 aromatic heterocycles. The second-order valence-electron chi connectivity index (χ2n) is 4.11. The van der Waals surface area contributed by atoms with Crippen molar-refractivity contribution in [2.45, 2.75) is 19.9 Å². The highest BCUT2D eigenvalue weighted by Crippen LogP contribution is 2.12. The summed E-state index contributed by atoms with van der Waals surface area (Å²) in [6.07, 6.45) is 0. The Kier molecular flexibility index (Phi) is 4.43. The van der Waals surface area contributed by atoms with Crippen molar-refractivity contribution in [2.24, 2.45) is 0 Å². The summed E-state index contributed by atoms with van der Waals surface area (Å²) in [6.45, 7) is 3.79. The van der Waals surface area contributed by atoms with Crippen LogP contribution in [-0.2, 0) is 4.79 Å². The lowest BCUT2D eigenvalue weighted by atomic mass is 10.3. The second kappa shape index (κ2) is 5.61. The Morgan fingerprint density at radius 2 is 1.82 bits per heavy atom. The lowest BCUT2D eigenvalue weighted by Crippen LogP contribution is -2.37. The minimum absolute atomic E-state index is 0.0115. The molecule has 0 atom stereocenters. The van der Waals surface area contributed by atoms with Gasteiger partial charge in [0.15, 0.2) is 0 Å². The molecule has 0 heterocycles. The van der Waals surface area contributed by atoms with Gasteiger partial charge < -0.3 is 10.2 Å². The van der Waals surface area contributed by atoms with Gasteiger partial charge in [-0.3, -0.25) is 4.79 Å². The highest BCUT2D eigenvalue weighted by Gasteiger charge is 2.11. The molecule has 1 aromatic rings. The highest BCUT2D eigenvalue weighted by molar-refractivity contribution is 5.80. The van der Waals surface area contributed by atoms with Crippen molar-refractivity contribution in [3.05, 3.63) is 29.8 Å². The van der Waals surface area contributed by atoms with Crippen molar-refractivity contribution in [1.29, 1.82) is 0 Å². The first-order valence-corrected chi connectivity index (χ1v) is 5.35. The van der Waals surface area contributed by atoms with Crippen LogP contribution in [0, 0.1) is 11.6 Å². The maximum Gasteiger partial charge on any atom is 0.241 e. The number of likely N-dealkylation sites (N-methyl/N-ethyl adjacent to an activating group) is 1. The molecule has 0 saturated heterocycles. The molecule has 3 nitrogen and oxygen atoms in total. The predicted octanol–water partition coefficient (Wildman–Crippen LogP) is 2.24. The van der Waals surface area contributed by atoms with Crippen LogP contribution >= 0.6 is 0 Å². The van der Waals surface area contributed by atoms with Crippen LogP contribution in [0.25, 0.3) is 0 Å². The Morgan fingerprint density at radius 1 is 1.29 bits per heavy atom. The van der Waals surface area contributed by atoms with E-state index < -0.39 is 11.6 Å². The molecule has 1 N–H and O–H groups in total. The lowest BCUT2D eigenvalue weighted by Gasteiger charge is -2.21. The number of nitrogens with zero attached hydrogens (tertiary/aromatic N) is 1. The normalized spacial score (nSPS) is 10.5. The monoisotopic (exact) mass is 242 g/mol. The van der Waals surface area contributed by atoms with Gasteiger partial charge in [0, 0.05) is 24.8 Å². The molecule has 0 fully saturated rings. The van der Waals surface area contributed by atoms with Crippen molar-refractivity contribution < 1.29 is 13.6 Å². The van der Waals surface area contributed by atoms with Crippen LogP contribution in [0.1, 0.15) is 13.8 Å². The van der Waals surface area contributed by atoms with E-state index in [4.69, 9.17) is 0 Å².